The molecule has 1 saturated carbocycles. The van der Waals surface area contributed by atoms with Gasteiger partial charge in [0, 0.05) is 56.7 Å². The zero-order valence-electron chi connectivity index (χ0n) is 25.2. The van der Waals surface area contributed by atoms with Crippen molar-refractivity contribution in [2.45, 2.75) is 36.5 Å². The van der Waals surface area contributed by atoms with E-state index in [1.165, 1.54) is 21.3 Å². The smallest absolute Gasteiger partial charge is 0.247 e. The van der Waals surface area contributed by atoms with Gasteiger partial charge in [-0.1, -0.05) is 5.16 Å². The highest BCUT2D eigenvalue weighted by molar-refractivity contribution is 7.93. The van der Waals surface area contributed by atoms with Crippen LogP contribution in [0.15, 0.2) is 52.9 Å². The first kappa shape index (κ1) is 29.4. The van der Waals surface area contributed by atoms with E-state index in [0.717, 1.165) is 18.5 Å². The van der Waals surface area contributed by atoms with Gasteiger partial charge in [0.2, 0.25) is 10.0 Å². The van der Waals surface area contributed by atoms with Gasteiger partial charge in [0.25, 0.3) is 0 Å². The predicted molar refractivity (Wildman–Crippen MR) is 166 cm³/mol. The van der Waals surface area contributed by atoms with Crippen LogP contribution < -0.4 is 19.7 Å². The van der Waals surface area contributed by atoms with Crippen molar-refractivity contribution in [3.8, 4) is 5.75 Å². The second-order valence-corrected chi connectivity index (χ2v) is 12.9. The van der Waals surface area contributed by atoms with E-state index in [2.05, 4.69) is 35.4 Å². The van der Waals surface area contributed by atoms with Crippen LogP contribution in [0.2, 0.25) is 0 Å². The maximum Gasteiger partial charge on any atom is 0.247 e. The molecule has 0 radical (unpaired) electrons. The molecule has 4 aromatic rings. The molecule has 15 heteroatoms. The Bertz CT molecular complexity index is 1880. The Morgan fingerprint density at radius 1 is 1.14 bits per heavy atom. The highest BCUT2D eigenvalue weighted by Crippen LogP contribution is 2.42. The van der Waals surface area contributed by atoms with Crippen molar-refractivity contribution in [1.82, 2.24) is 25.3 Å². The van der Waals surface area contributed by atoms with Crippen LogP contribution in [0.25, 0.3) is 16.5 Å². The molecule has 0 spiro atoms. The number of anilines is 4. The Morgan fingerprint density at radius 2 is 1.93 bits per heavy atom. The number of rotatable bonds is 11. The van der Waals surface area contributed by atoms with Gasteiger partial charge in [-0.2, -0.15) is 5.10 Å². The van der Waals surface area contributed by atoms with Gasteiger partial charge in [0.15, 0.2) is 28.3 Å². The lowest BCUT2D eigenvalue weighted by Crippen LogP contribution is -2.50. The summed E-state index contributed by atoms with van der Waals surface area (Å²) in [6.45, 7) is 1.66. The second kappa shape index (κ2) is 11.1. The van der Waals surface area contributed by atoms with E-state index >= 15 is 0 Å². The van der Waals surface area contributed by atoms with E-state index in [-0.39, 0.29) is 11.6 Å². The van der Waals surface area contributed by atoms with Crippen LogP contribution in [0.3, 0.4) is 0 Å². The van der Waals surface area contributed by atoms with Crippen molar-refractivity contribution in [1.29, 1.82) is 0 Å². The summed E-state index contributed by atoms with van der Waals surface area (Å²) in [7, 11) is 3.86. The molecule has 0 bridgehead atoms. The van der Waals surface area contributed by atoms with Crippen LogP contribution in [0.1, 0.15) is 37.2 Å². The first-order valence-corrected chi connectivity index (χ1v) is 15.5. The van der Waals surface area contributed by atoms with Crippen molar-refractivity contribution in [2.24, 2.45) is 0 Å². The Morgan fingerprint density at radius 3 is 2.61 bits per heavy atom. The molecule has 6 rings (SSSR count). The summed E-state index contributed by atoms with van der Waals surface area (Å²) in [6, 6.07) is 7.07. The van der Waals surface area contributed by atoms with Crippen molar-refractivity contribution in [2.75, 3.05) is 50.4 Å². The number of hydrogen-bond donors (Lipinski definition) is 3. The number of aromatic nitrogens is 5. The Kier molecular flexibility index (Phi) is 7.45. The molecule has 0 saturated heterocycles. The molecule has 2 unspecified atom stereocenters. The average molecular weight is 623 g/mol. The molecule has 3 N–H and O–H groups in total. The molecular formula is C29H34N8O6S. The molecular weight excluding hydrogens is 588 g/mol. The van der Waals surface area contributed by atoms with Gasteiger partial charge in [0.1, 0.15) is 22.9 Å². The minimum Gasteiger partial charge on any atom is -0.499 e. The summed E-state index contributed by atoms with van der Waals surface area (Å²) < 4.78 is 53.2. The van der Waals surface area contributed by atoms with Crippen LogP contribution >= 0.6 is 0 Å². The van der Waals surface area contributed by atoms with Gasteiger partial charge >= 0.3 is 0 Å². The lowest BCUT2D eigenvalue weighted by molar-refractivity contribution is 0.0393. The summed E-state index contributed by atoms with van der Waals surface area (Å²) in [4.78, 5) is 10.8. The van der Waals surface area contributed by atoms with E-state index in [9.17, 15) is 8.42 Å². The van der Waals surface area contributed by atoms with Crippen molar-refractivity contribution in [3.63, 3.8) is 0 Å². The van der Waals surface area contributed by atoms with E-state index in [4.69, 9.17) is 18.7 Å². The zero-order valence-corrected chi connectivity index (χ0v) is 26.0. The first-order chi connectivity index (χ1) is 21.0. The fourth-order valence-corrected chi connectivity index (χ4v) is 7.02. The molecule has 2 aliphatic rings. The molecule has 3 aromatic heterocycles. The van der Waals surface area contributed by atoms with Gasteiger partial charge in [0.05, 0.1) is 25.3 Å². The van der Waals surface area contributed by atoms with Gasteiger partial charge in [-0.05, 0) is 44.1 Å². The normalized spacial score (nSPS) is 20.2. The SMILES string of the molecule is COC1=CC(c2nccc(N(C)C)n2)=CC(C)(OC)C1S(=O)(=O)Nc1noc2cc(Nc3cc(C4CC4)[nH]n3)c(OC)cc12. The molecule has 232 valence electrons. The van der Waals surface area contributed by atoms with E-state index in [1.54, 1.807) is 43.5 Å². The lowest BCUT2D eigenvalue weighted by Gasteiger charge is -2.37. The van der Waals surface area contributed by atoms with Crippen LogP contribution in [-0.2, 0) is 19.5 Å². The predicted octanol–water partition coefficient (Wildman–Crippen LogP) is 4.18. The topological polar surface area (TPSA) is 170 Å². The maximum atomic E-state index is 14.0. The molecule has 3 heterocycles. The van der Waals surface area contributed by atoms with E-state index in [0.29, 0.717) is 51.4 Å². The molecule has 44 heavy (non-hydrogen) atoms. The fraction of sp³-hybridized carbons (Fsp3) is 0.379. The third-order valence-corrected chi connectivity index (χ3v) is 9.57. The number of methoxy groups -OCH3 is 3. The van der Waals surface area contributed by atoms with Crippen LogP contribution in [0, 0.1) is 0 Å². The van der Waals surface area contributed by atoms with Gasteiger partial charge in [-0.15, -0.1) is 0 Å². The largest absolute Gasteiger partial charge is 0.499 e. The van der Waals surface area contributed by atoms with Gasteiger partial charge < -0.3 is 29.0 Å². The third-order valence-electron chi connectivity index (χ3n) is 7.77. The Labute approximate surface area is 254 Å². The number of nitrogens with one attached hydrogen (secondary N) is 3. The van der Waals surface area contributed by atoms with Gasteiger partial charge in [-0.25, -0.2) is 18.4 Å². The third kappa shape index (κ3) is 5.43. The summed E-state index contributed by atoms with van der Waals surface area (Å²) in [5.74, 6) is 2.82. The number of benzene rings is 1. The fourth-order valence-electron chi connectivity index (χ4n) is 5.24. The Balaban J connectivity index is 1.31. The number of aromatic amines is 1. The number of allylic oxidation sites excluding steroid dienone is 2. The number of sulfonamides is 1. The highest BCUT2D eigenvalue weighted by Gasteiger charge is 2.49. The number of hydrogen-bond acceptors (Lipinski definition) is 12. The monoisotopic (exact) mass is 622 g/mol. The van der Waals surface area contributed by atoms with Crippen LogP contribution in [0.5, 0.6) is 5.75 Å². The molecule has 14 nitrogen and oxygen atoms in total. The second-order valence-electron chi connectivity index (χ2n) is 11.1. The minimum absolute atomic E-state index is 0.00802. The van der Waals surface area contributed by atoms with Crippen LogP contribution in [0.4, 0.5) is 23.1 Å². The number of H-pyrrole nitrogens is 1. The summed E-state index contributed by atoms with van der Waals surface area (Å²) >= 11 is 0. The summed E-state index contributed by atoms with van der Waals surface area (Å²) in [6.07, 6.45) is 7.22. The Hall–Kier alpha value is -4.63. The molecule has 0 amide bonds. The maximum absolute atomic E-state index is 14.0. The van der Waals surface area contributed by atoms with Crippen molar-refractivity contribution >= 4 is 49.7 Å². The van der Waals surface area contributed by atoms with Gasteiger partial charge in [-0.3, -0.25) is 9.82 Å². The summed E-state index contributed by atoms with van der Waals surface area (Å²) in [5, 5.41) is 13.8. The average Bonchev–Trinajstić information content (AvgIpc) is 3.65. The quantitative estimate of drug-likeness (QED) is 0.218. The first-order valence-electron chi connectivity index (χ1n) is 13.9. The van der Waals surface area contributed by atoms with Crippen molar-refractivity contribution < 1.29 is 27.2 Å². The molecule has 0 aliphatic heterocycles. The summed E-state index contributed by atoms with van der Waals surface area (Å²) in [5.41, 5.74) is 1.19. The highest BCUT2D eigenvalue weighted by atomic mass is 32.2. The molecule has 2 atom stereocenters. The standard InChI is InChI=1S/C29H34N8O6S/c1-29(42-6)15-17(27-30-10-9-25(32-27)37(2)3)11-23(41-5)26(29)44(38,39)36-28-18-12-22(40-4)20(13-21(18)43-35-28)31-24-14-19(33-34-24)16-7-8-16/h9-16,26H,7-8H2,1-6H3,(H,35,36)(H2,31,33,34). The molecule has 1 aromatic carbocycles. The van der Waals surface area contributed by atoms with Crippen molar-refractivity contribution in [3.05, 3.63) is 59.9 Å². The van der Waals surface area contributed by atoms with E-state index < -0.39 is 20.9 Å². The molecule has 1 fully saturated rings. The van der Waals surface area contributed by atoms with Crippen LogP contribution in [-0.4, -0.2) is 80.0 Å². The lowest BCUT2D eigenvalue weighted by atomic mass is 9.90. The minimum atomic E-state index is -4.24. The number of fused-ring (bicyclic) bond motifs is 1. The number of nitrogens with zero attached hydrogens (tertiary/aromatic N) is 5. The zero-order chi connectivity index (χ0) is 31.2. The number of ether oxygens (including phenoxy) is 3. The van der Waals surface area contributed by atoms with E-state index in [1.807, 2.05) is 25.1 Å². The molecule has 2 aliphatic carbocycles.